The number of anilines is 6. The van der Waals surface area contributed by atoms with Gasteiger partial charge in [-0.15, -0.1) is 0 Å². The summed E-state index contributed by atoms with van der Waals surface area (Å²) in [6.45, 7) is 10.2. The van der Waals surface area contributed by atoms with Crippen molar-refractivity contribution < 1.29 is 9.47 Å². The quantitative estimate of drug-likeness (QED) is 0.0672. The third kappa shape index (κ3) is 11.0. The van der Waals surface area contributed by atoms with Crippen LogP contribution in [0.2, 0.25) is 0 Å². The lowest BCUT2D eigenvalue weighted by molar-refractivity contribution is 0.124. The number of ether oxygens (including phenoxy) is 2. The Morgan fingerprint density at radius 1 is 0.325 bits per heavy atom. The smallest absolute Gasteiger partial charge is 0.0717 e. The zero-order chi connectivity index (χ0) is 54.4. The Bertz CT molecular complexity index is 3830. The molecule has 0 fully saturated rings. The SMILES string of the molecule is C=Cc1ccc(COCCc2ccc(N(c3ccc(CCc4ccc(N(c5ccc(CCOCc6ccc(C=C)cc6)cc5)c5ccc6c7ccccc7n(C)c6c5)cc4)cc3)c3ccc4c5ccccc5n(C)c4c3)cc2)cc1. The summed E-state index contributed by atoms with van der Waals surface area (Å²) in [7, 11) is 4.33. The first-order valence-electron chi connectivity index (χ1n) is 27.9. The summed E-state index contributed by atoms with van der Waals surface area (Å²) in [4.78, 5) is 4.76. The molecule has 0 spiro atoms. The van der Waals surface area contributed by atoms with Crippen LogP contribution >= 0.6 is 0 Å². The van der Waals surface area contributed by atoms with E-state index >= 15 is 0 Å². The number of fused-ring (bicyclic) bond motifs is 6. The van der Waals surface area contributed by atoms with Crippen molar-refractivity contribution in [3.63, 3.8) is 0 Å². The maximum absolute atomic E-state index is 6.10. The molecule has 0 aliphatic rings. The molecule has 0 atom stereocenters. The Balaban J connectivity index is 0.762. The van der Waals surface area contributed by atoms with Crippen LogP contribution in [0.25, 0.3) is 55.8 Å². The van der Waals surface area contributed by atoms with Gasteiger partial charge in [-0.25, -0.2) is 0 Å². The van der Waals surface area contributed by atoms with E-state index in [1.54, 1.807) is 0 Å². The van der Waals surface area contributed by atoms with Crippen LogP contribution in [0.4, 0.5) is 34.1 Å². The standard InChI is InChI=1S/C74H66N4O2/c1-5-53-15-21-59(22-16-53)51-79-47-45-57-29-37-63(38-30-57)77(65-41-43-69-67-11-7-9-13-71(67)75(3)73(69)49-65)61-33-25-55(26-34-61)19-20-56-27-35-62(36-28-56)78(66-42-44-70-68-12-8-10-14-72(68)76(4)74(70)50-66)64-39-31-58(32-40-64)46-48-80-52-60-23-17-54(6-2)18-24-60/h5-18,21-44,49-50H,1-2,19-20,45-48,51-52H2,3-4H3. The molecular formula is C74H66N4O2. The molecule has 10 aromatic carbocycles. The molecule has 0 aliphatic carbocycles. The van der Waals surface area contributed by atoms with Crippen LogP contribution < -0.4 is 9.80 Å². The van der Waals surface area contributed by atoms with Crippen molar-refractivity contribution >= 4 is 89.9 Å². The highest BCUT2D eigenvalue weighted by atomic mass is 16.5. The van der Waals surface area contributed by atoms with E-state index in [4.69, 9.17) is 9.47 Å². The van der Waals surface area contributed by atoms with E-state index in [2.05, 4.69) is 277 Å². The van der Waals surface area contributed by atoms with E-state index in [1.165, 1.54) is 77.0 Å². The van der Waals surface area contributed by atoms with Gasteiger partial charge in [-0.1, -0.05) is 171 Å². The lowest BCUT2D eigenvalue weighted by Gasteiger charge is -2.26. The molecule has 394 valence electrons. The number of hydrogen-bond acceptors (Lipinski definition) is 4. The van der Waals surface area contributed by atoms with Crippen molar-refractivity contribution in [3.05, 3.63) is 288 Å². The molecule has 2 aromatic heterocycles. The predicted molar refractivity (Wildman–Crippen MR) is 337 cm³/mol. The fraction of sp³-hybridized carbons (Fsp3) is 0.135. The number of hydrogen-bond donors (Lipinski definition) is 0. The van der Waals surface area contributed by atoms with Crippen molar-refractivity contribution in [1.29, 1.82) is 0 Å². The van der Waals surface area contributed by atoms with Crippen LogP contribution in [0, 0.1) is 0 Å². The second-order valence-electron chi connectivity index (χ2n) is 20.9. The molecule has 0 aliphatic heterocycles. The fourth-order valence-corrected chi connectivity index (χ4v) is 11.3. The van der Waals surface area contributed by atoms with Gasteiger partial charge in [0.1, 0.15) is 0 Å². The summed E-state index contributed by atoms with van der Waals surface area (Å²) < 4.78 is 16.8. The molecular weight excluding hydrogens is 977 g/mol. The van der Waals surface area contributed by atoms with Gasteiger partial charge in [0.15, 0.2) is 0 Å². The van der Waals surface area contributed by atoms with Crippen molar-refractivity contribution in [2.75, 3.05) is 23.0 Å². The number of benzene rings is 10. The van der Waals surface area contributed by atoms with Crippen LogP contribution in [0.5, 0.6) is 0 Å². The highest BCUT2D eigenvalue weighted by Crippen LogP contribution is 2.41. The highest BCUT2D eigenvalue weighted by Gasteiger charge is 2.19. The van der Waals surface area contributed by atoms with Crippen molar-refractivity contribution in [2.45, 2.75) is 38.9 Å². The lowest BCUT2D eigenvalue weighted by atomic mass is 10.0. The summed E-state index contributed by atoms with van der Waals surface area (Å²) in [6, 6.07) is 84.1. The van der Waals surface area contributed by atoms with E-state index in [0.717, 1.165) is 70.9 Å². The van der Waals surface area contributed by atoms with E-state index < -0.39 is 0 Å². The molecule has 0 N–H and O–H groups in total. The minimum Gasteiger partial charge on any atom is -0.376 e. The van der Waals surface area contributed by atoms with Gasteiger partial charge in [-0.05, 0) is 155 Å². The Morgan fingerprint density at radius 3 is 0.975 bits per heavy atom. The van der Waals surface area contributed by atoms with Crippen molar-refractivity contribution in [1.82, 2.24) is 9.13 Å². The van der Waals surface area contributed by atoms with Gasteiger partial charge in [0.2, 0.25) is 0 Å². The third-order valence-corrected chi connectivity index (χ3v) is 15.8. The molecule has 0 saturated heterocycles. The molecule has 0 radical (unpaired) electrons. The van der Waals surface area contributed by atoms with E-state index in [9.17, 15) is 0 Å². The molecule has 80 heavy (non-hydrogen) atoms. The Labute approximate surface area is 470 Å². The minimum absolute atomic E-state index is 0.591. The maximum atomic E-state index is 6.10. The second kappa shape index (κ2) is 23.4. The van der Waals surface area contributed by atoms with Crippen LogP contribution in [0.1, 0.15) is 44.5 Å². The maximum Gasteiger partial charge on any atom is 0.0717 e. The Kier molecular flexibility index (Phi) is 15.1. The molecule has 0 saturated carbocycles. The first-order valence-corrected chi connectivity index (χ1v) is 27.9. The van der Waals surface area contributed by atoms with Crippen LogP contribution in [-0.2, 0) is 62.5 Å². The van der Waals surface area contributed by atoms with Crippen LogP contribution in [0.3, 0.4) is 0 Å². The van der Waals surface area contributed by atoms with Gasteiger partial charge in [0.25, 0.3) is 0 Å². The van der Waals surface area contributed by atoms with Crippen molar-refractivity contribution in [2.24, 2.45) is 14.1 Å². The summed E-state index contributed by atoms with van der Waals surface area (Å²) >= 11 is 0. The molecule has 0 bridgehead atoms. The zero-order valence-electron chi connectivity index (χ0n) is 45.8. The normalized spacial score (nSPS) is 11.5. The van der Waals surface area contributed by atoms with E-state index in [0.29, 0.717) is 26.4 Å². The van der Waals surface area contributed by atoms with Gasteiger partial charge in [-0.2, -0.15) is 0 Å². The molecule has 12 rings (SSSR count). The monoisotopic (exact) mass is 1040 g/mol. The summed E-state index contributed by atoms with van der Waals surface area (Å²) in [5.74, 6) is 0. The number of rotatable bonds is 21. The van der Waals surface area contributed by atoms with Gasteiger partial charge in [0.05, 0.1) is 37.5 Å². The second-order valence-corrected chi connectivity index (χ2v) is 20.9. The van der Waals surface area contributed by atoms with E-state index in [1.807, 2.05) is 12.2 Å². The summed E-state index contributed by atoms with van der Waals surface area (Å²) in [5, 5.41) is 5.05. The van der Waals surface area contributed by atoms with Crippen LogP contribution in [0.15, 0.2) is 244 Å². The Morgan fingerprint density at radius 2 is 0.625 bits per heavy atom. The molecule has 0 amide bonds. The Hall–Kier alpha value is -9.20. The summed E-state index contributed by atoms with van der Waals surface area (Å²) in [6.07, 6.45) is 7.25. The van der Waals surface area contributed by atoms with E-state index in [-0.39, 0.29) is 0 Å². The average molecular weight is 1040 g/mol. The number of aryl methyl sites for hydroxylation is 4. The third-order valence-electron chi connectivity index (χ3n) is 15.8. The van der Waals surface area contributed by atoms with Gasteiger partial charge >= 0.3 is 0 Å². The van der Waals surface area contributed by atoms with Crippen LogP contribution in [-0.4, -0.2) is 22.3 Å². The molecule has 12 aromatic rings. The first kappa shape index (κ1) is 51.6. The lowest BCUT2D eigenvalue weighted by Crippen LogP contribution is -2.10. The number of aromatic nitrogens is 2. The molecule has 0 unspecified atom stereocenters. The molecule has 6 heteroatoms. The van der Waals surface area contributed by atoms with Gasteiger partial charge in [0, 0.05) is 80.8 Å². The zero-order valence-corrected chi connectivity index (χ0v) is 45.8. The minimum atomic E-state index is 0.591. The summed E-state index contributed by atoms with van der Waals surface area (Å²) in [5.41, 5.74) is 21.2. The average Bonchev–Trinajstić information content (AvgIpc) is 3.99. The first-order chi connectivity index (χ1) is 39.4. The van der Waals surface area contributed by atoms with Crippen molar-refractivity contribution in [3.8, 4) is 0 Å². The van der Waals surface area contributed by atoms with Gasteiger partial charge < -0.3 is 28.4 Å². The topological polar surface area (TPSA) is 34.8 Å². The van der Waals surface area contributed by atoms with Gasteiger partial charge in [-0.3, -0.25) is 0 Å². The fourth-order valence-electron chi connectivity index (χ4n) is 11.3. The molecule has 6 nitrogen and oxygen atoms in total. The largest absolute Gasteiger partial charge is 0.376 e. The molecule has 2 heterocycles. The predicted octanol–water partition coefficient (Wildman–Crippen LogP) is 18.5. The number of nitrogens with zero attached hydrogens (tertiary/aromatic N) is 4. The highest BCUT2D eigenvalue weighted by molar-refractivity contribution is 6.10. The number of para-hydroxylation sites is 2.